The zero-order valence-corrected chi connectivity index (χ0v) is 20.2. The number of aryl methyl sites for hydroxylation is 1. The van der Waals surface area contributed by atoms with Crippen molar-refractivity contribution in [2.24, 2.45) is 0 Å². The van der Waals surface area contributed by atoms with Gasteiger partial charge in [0.25, 0.3) is 10.8 Å². The summed E-state index contributed by atoms with van der Waals surface area (Å²) in [6.07, 6.45) is 2.81. The Labute approximate surface area is 200 Å². The number of aromatic nitrogens is 4. The van der Waals surface area contributed by atoms with E-state index in [1.165, 1.54) is 22.1 Å². The molecule has 0 unspecified atom stereocenters. The Morgan fingerprint density at radius 3 is 2.65 bits per heavy atom. The van der Waals surface area contributed by atoms with Crippen LogP contribution in [0.15, 0.2) is 67.9 Å². The normalized spacial score (nSPS) is 15.1. The average Bonchev–Trinajstić information content (AvgIpc) is 3.32. The minimum atomic E-state index is -3.56. The summed E-state index contributed by atoms with van der Waals surface area (Å²) in [5, 5.41) is 8.46. The Morgan fingerprint density at radius 2 is 1.82 bits per heavy atom. The monoisotopic (exact) mass is 497 g/mol. The molecule has 3 aromatic heterocycles. The molecule has 0 amide bonds. The maximum atomic E-state index is 13.0. The molecule has 5 rings (SSSR count). The van der Waals surface area contributed by atoms with Crippen LogP contribution in [0.3, 0.4) is 0 Å². The summed E-state index contributed by atoms with van der Waals surface area (Å²) in [4.78, 5) is 17.2. The second-order valence-electron chi connectivity index (χ2n) is 8.10. The van der Waals surface area contributed by atoms with Gasteiger partial charge in [0.15, 0.2) is 0 Å². The number of pyridine rings is 1. The van der Waals surface area contributed by atoms with Crippen molar-refractivity contribution in [2.45, 2.75) is 42.1 Å². The van der Waals surface area contributed by atoms with Gasteiger partial charge in [-0.1, -0.05) is 30.3 Å². The van der Waals surface area contributed by atoms with Crippen LogP contribution in [0.25, 0.3) is 17.1 Å². The van der Waals surface area contributed by atoms with Crippen molar-refractivity contribution in [2.75, 3.05) is 13.1 Å². The third-order valence-electron chi connectivity index (χ3n) is 5.72. The Morgan fingerprint density at radius 1 is 1.03 bits per heavy atom. The van der Waals surface area contributed by atoms with Gasteiger partial charge in [0.2, 0.25) is 15.9 Å². The van der Waals surface area contributed by atoms with Crippen LogP contribution >= 0.6 is 11.8 Å². The zero-order valence-electron chi connectivity index (χ0n) is 18.5. The van der Waals surface area contributed by atoms with Crippen LogP contribution in [0.4, 0.5) is 0 Å². The molecule has 11 heteroatoms. The molecule has 1 aromatic carbocycles. The van der Waals surface area contributed by atoms with Crippen LogP contribution in [-0.4, -0.2) is 45.4 Å². The average molecular weight is 498 g/mol. The van der Waals surface area contributed by atoms with Gasteiger partial charge in [0.1, 0.15) is 5.65 Å². The standard InChI is InChI=1S/C23H23N5O4S2/c1-16-7-5-10-20-24-18(14-21(29)28(16)20)15-33-23-26-25-22(32-23)17-8-6-9-19(13-17)34(30,31)27-11-3-2-4-12-27/h5-10,13-14H,2-4,11-12,15H2,1H3. The first-order chi connectivity index (χ1) is 16.4. The highest BCUT2D eigenvalue weighted by Gasteiger charge is 2.26. The molecule has 34 heavy (non-hydrogen) atoms. The van der Waals surface area contributed by atoms with Gasteiger partial charge in [-0.2, -0.15) is 4.31 Å². The van der Waals surface area contributed by atoms with Crippen LogP contribution in [0.1, 0.15) is 30.7 Å². The van der Waals surface area contributed by atoms with E-state index in [0.717, 1.165) is 25.0 Å². The smallest absolute Gasteiger partial charge is 0.277 e. The highest BCUT2D eigenvalue weighted by atomic mass is 32.2. The van der Waals surface area contributed by atoms with E-state index in [2.05, 4.69) is 15.2 Å². The van der Waals surface area contributed by atoms with Crippen molar-refractivity contribution in [1.29, 1.82) is 0 Å². The molecule has 4 heterocycles. The van der Waals surface area contributed by atoms with Gasteiger partial charge in [-0.05, 0) is 50.1 Å². The van der Waals surface area contributed by atoms with E-state index < -0.39 is 10.0 Å². The number of nitrogens with zero attached hydrogens (tertiary/aromatic N) is 5. The van der Waals surface area contributed by atoms with Crippen molar-refractivity contribution in [3.8, 4) is 11.5 Å². The number of hydrogen-bond acceptors (Lipinski definition) is 8. The van der Waals surface area contributed by atoms with Gasteiger partial charge < -0.3 is 4.42 Å². The third kappa shape index (κ3) is 4.50. The SMILES string of the molecule is Cc1cccc2nc(CSc3nnc(-c4cccc(S(=O)(=O)N5CCCCC5)c4)o3)cc(=O)n12. The molecular weight excluding hydrogens is 474 g/mol. The molecule has 0 spiro atoms. The Balaban J connectivity index is 1.33. The molecule has 0 atom stereocenters. The predicted octanol–water partition coefficient (Wildman–Crippen LogP) is 3.52. The van der Waals surface area contributed by atoms with Gasteiger partial charge in [-0.25, -0.2) is 13.4 Å². The van der Waals surface area contributed by atoms with Crippen LogP contribution in [-0.2, 0) is 15.8 Å². The van der Waals surface area contributed by atoms with Crippen molar-refractivity contribution in [3.05, 3.63) is 70.3 Å². The number of fused-ring (bicyclic) bond motifs is 1. The second-order valence-corrected chi connectivity index (χ2v) is 11.0. The van der Waals surface area contributed by atoms with Crippen molar-refractivity contribution in [1.82, 2.24) is 23.9 Å². The number of hydrogen-bond donors (Lipinski definition) is 0. The summed E-state index contributed by atoms with van der Waals surface area (Å²) in [5.74, 6) is 0.616. The van der Waals surface area contributed by atoms with E-state index in [1.807, 2.05) is 19.1 Å². The summed E-state index contributed by atoms with van der Waals surface area (Å²) in [6.45, 7) is 2.94. The maximum absolute atomic E-state index is 13.0. The van der Waals surface area contributed by atoms with Gasteiger partial charge in [-0.3, -0.25) is 9.20 Å². The van der Waals surface area contributed by atoms with E-state index in [-0.39, 0.29) is 16.3 Å². The molecule has 1 aliphatic rings. The highest BCUT2D eigenvalue weighted by molar-refractivity contribution is 7.98. The number of piperidine rings is 1. The highest BCUT2D eigenvalue weighted by Crippen LogP contribution is 2.28. The lowest BCUT2D eigenvalue weighted by molar-refractivity contribution is 0.346. The van der Waals surface area contributed by atoms with E-state index in [1.54, 1.807) is 34.7 Å². The van der Waals surface area contributed by atoms with Crippen molar-refractivity contribution < 1.29 is 12.8 Å². The second kappa shape index (κ2) is 9.32. The fourth-order valence-electron chi connectivity index (χ4n) is 4.00. The van der Waals surface area contributed by atoms with Crippen LogP contribution in [0, 0.1) is 6.92 Å². The quantitative estimate of drug-likeness (QED) is 0.372. The van der Waals surface area contributed by atoms with Crippen LogP contribution in [0.2, 0.25) is 0 Å². The summed E-state index contributed by atoms with van der Waals surface area (Å²) in [7, 11) is -3.56. The Hall–Kier alpha value is -3.02. The van der Waals surface area contributed by atoms with Gasteiger partial charge in [0.05, 0.1) is 10.6 Å². The molecule has 1 saturated heterocycles. The first kappa shape index (κ1) is 22.8. The lowest BCUT2D eigenvalue weighted by atomic mass is 10.2. The molecular formula is C23H23N5O4S2. The van der Waals surface area contributed by atoms with Crippen molar-refractivity contribution in [3.63, 3.8) is 0 Å². The maximum Gasteiger partial charge on any atom is 0.277 e. The molecule has 176 valence electrons. The van der Waals surface area contributed by atoms with E-state index in [9.17, 15) is 13.2 Å². The topological polar surface area (TPSA) is 111 Å². The summed E-state index contributed by atoms with van der Waals surface area (Å²) in [6, 6.07) is 13.6. The van der Waals surface area contributed by atoms with Gasteiger partial charge in [0, 0.05) is 36.2 Å². The summed E-state index contributed by atoms with van der Waals surface area (Å²) >= 11 is 1.27. The van der Waals surface area contributed by atoms with Gasteiger partial charge >= 0.3 is 0 Å². The molecule has 9 nitrogen and oxygen atoms in total. The molecule has 4 aromatic rings. The van der Waals surface area contributed by atoms with E-state index in [0.29, 0.717) is 41.0 Å². The van der Waals surface area contributed by atoms with E-state index >= 15 is 0 Å². The van der Waals surface area contributed by atoms with Crippen molar-refractivity contribution >= 4 is 27.4 Å². The summed E-state index contributed by atoms with van der Waals surface area (Å²) in [5.41, 5.74) is 2.41. The molecule has 1 fully saturated rings. The third-order valence-corrected chi connectivity index (χ3v) is 8.46. The van der Waals surface area contributed by atoms with Crippen LogP contribution in [0.5, 0.6) is 0 Å². The number of benzene rings is 1. The lowest BCUT2D eigenvalue weighted by Gasteiger charge is -2.25. The minimum absolute atomic E-state index is 0.142. The molecule has 0 aliphatic carbocycles. The van der Waals surface area contributed by atoms with E-state index in [4.69, 9.17) is 4.42 Å². The Kier molecular flexibility index (Phi) is 6.24. The molecule has 0 radical (unpaired) electrons. The lowest BCUT2D eigenvalue weighted by Crippen LogP contribution is -2.35. The largest absolute Gasteiger partial charge is 0.411 e. The fraction of sp³-hybridized carbons (Fsp3) is 0.304. The van der Waals surface area contributed by atoms with Gasteiger partial charge in [-0.15, -0.1) is 10.2 Å². The summed E-state index contributed by atoms with van der Waals surface area (Å²) < 4.78 is 34.9. The molecule has 0 bridgehead atoms. The molecule has 0 saturated carbocycles. The van der Waals surface area contributed by atoms with Crippen LogP contribution < -0.4 is 5.56 Å². The first-order valence-corrected chi connectivity index (χ1v) is 13.4. The first-order valence-electron chi connectivity index (χ1n) is 11.0. The Bertz CT molecular complexity index is 1510. The fourth-order valence-corrected chi connectivity index (χ4v) is 6.22. The number of thioether (sulfide) groups is 1. The minimum Gasteiger partial charge on any atom is -0.411 e. The number of sulfonamides is 1. The number of rotatable bonds is 6. The molecule has 1 aliphatic heterocycles. The molecule has 0 N–H and O–H groups in total. The predicted molar refractivity (Wildman–Crippen MR) is 128 cm³/mol. The zero-order chi connectivity index (χ0) is 23.7.